The Kier molecular flexibility index (Phi) is 4.93. The number of ether oxygens (including phenoxy) is 1. The molecule has 1 aliphatic rings. The summed E-state index contributed by atoms with van der Waals surface area (Å²) >= 11 is 0. The maximum absolute atomic E-state index is 12.3. The van der Waals surface area contributed by atoms with Crippen LogP contribution in [-0.2, 0) is 4.74 Å². The van der Waals surface area contributed by atoms with Crippen LogP contribution in [0.2, 0.25) is 0 Å². The first-order valence-corrected chi connectivity index (χ1v) is 6.82. The molecule has 19 heavy (non-hydrogen) atoms. The topological polar surface area (TPSA) is 41.6 Å². The highest BCUT2D eigenvalue weighted by Gasteiger charge is 2.17. The number of benzene rings is 1. The first kappa shape index (κ1) is 14.0. The Morgan fingerprint density at radius 2 is 2.26 bits per heavy atom. The lowest BCUT2D eigenvalue weighted by Gasteiger charge is -2.26. The lowest BCUT2D eigenvalue weighted by atomic mass is 10.1. The molecule has 0 saturated carbocycles. The highest BCUT2D eigenvalue weighted by Crippen LogP contribution is 2.11. The second-order valence-electron chi connectivity index (χ2n) is 5.03. The molecule has 4 heteroatoms. The Hall–Kier alpha value is -1.39. The van der Waals surface area contributed by atoms with E-state index >= 15 is 0 Å². The third-order valence-corrected chi connectivity index (χ3v) is 3.51. The van der Waals surface area contributed by atoms with E-state index in [-0.39, 0.29) is 12.0 Å². The van der Waals surface area contributed by atoms with Crippen molar-refractivity contribution in [3.63, 3.8) is 0 Å². The summed E-state index contributed by atoms with van der Waals surface area (Å²) < 4.78 is 5.64. The van der Waals surface area contributed by atoms with E-state index in [0.29, 0.717) is 0 Å². The number of morpholine rings is 1. The highest BCUT2D eigenvalue weighted by atomic mass is 16.5. The molecule has 104 valence electrons. The van der Waals surface area contributed by atoms with Crippen LogP contribution in [0.3, 0.4) is 0 Å². The van der Waals surface area contributed by atoms with Gasteiger partial charge in [0.1, 0.15) is 0 Å². The minimum Gasteiger partial charge on any atom is -0.376 e. The standard InChI is InChI=1S/C15H22N2O2/c1-12-5-3-4-6-14(12)15(18)17(2)9-7-13-11-16-8-10-19-13/h3-6,13,16H,7-11H2,1-2H3. The van der Waals surface area contributed by atoms with E-state index in [1.54, 1.807) is 4.90 Å². The molecule has 1 atom stereocenters. The first-order chi connectivity index (χ1) is 9.18. The van der Waals surface area contributed by atoms with Crippen molar-refractivity contribution in [2.24, 2.45) is 0 Å². The van der Waals surface area contributed by atoms with E-state index in [1.807, 2.05) is 38.2 Å². The Morgan fingerprint density at radius 3 is 2.95 bits per heavy atom. The van der Waals surface area contributed by atoms with Gasteiger partial charge in [0.25, 0.3) is 5.91 Å². The van der Waals surface area contributed by atoms with Crippen molar-refractivity contribution >= 4 is 5.91 Å². The van der Waals surface area contributed by atoms with Crippen molar-refractivity contribution < 1.29 is 9.53 Å². The summed E-state index contributed by atoms with van der Waals surface area (Å²) in [5.41, 5.74) is 1.81. The first-order valence-electron chi connectivity index (χ1n) is 6.82. The molecule has 1 aliphatic heterocycles. The molecule has 0 aliphatic carbocycles. The van der Waals surface area contributed by atoms with Gasteiger partial charge in [-0.25, -0.2) is 0 Å². The van der Waals surface area contributed by atoms with Gasteiger partial charge in [-0.15, -0.1) is 0 Å². The van der Waals surface area contributed by atoms with Crippen molar-refractivity contribution in [1.29, 1.82) is 0 Å². The summed E-state index contributed by atoms with van der Waals surface area (Å²) in [7, 11) is 1.85. The molecule has 1 N–H and O–H groups in total. The van der Waals surface area contributed by atoms with E-state index in [0.717, 1.165) is 43.8 Å². The summed E-state index contributed by atoms with van der Waals surface area (Å²) in [6.07, 6.45) is 1.10. The molecule has 0 radical (unpaired) electrons. The van der Waals surface area contributed by atoms with Crippen molar-refractivity contribution in [3.8, 4) is 0 Å². The summed E-state index contributed by atoms with van der Waals surface area (Å²) in [5.74, 6) is 0.0851. The molecule has 1 aromatic rings. The maximum atomic E-state index is 12.3. The summed E-state index contributed by atoms with van der Waals surface area (Å²) in [4.78, 5) is 14.1. The number of nitrogens with zero attached hydrogens (tertiary/aromatic N) is 1. The number of hydrogen-bond donors (Lipinski definition) is 1. The van der Waals surface area contributed by atoms with Crippen LogP contribution in [0.4, 0.5) is 0 Å². The van der Waals surface area contributed by atoms with Gasteiger partial charge in [-0.05, 0) is 25.0 Å². The van der Waals surface area contributed by atoms with Crippen molar-refractivity contribution in [3.05, 3.63) is 35.4 Å². The molecule has 1 fully saturated rings. The fraction of sp³-hybridized carbons (Fsp3) is 0.533. The predicted molar refractivity (Wildman–Crippen MR) is 75.4 cm³/mol. The smallest absolute Gasteiger partial charge is 0.253 e. The number of amides is 1. The summed E-state index contributed by atoms with van der Waals surface area (Å²) in [6, 6.07) is 7.71. The van der Waals surface area contributed by atoms with Gasteiger partial charge in [0.2, 0.25) is 0 Å². The van der Waals surface area contributed by atoms with Crippen molar-refractivity contribution in [2.75, 3.05) is 33.3 Å². The number of hydrogen-bond acceptors (Lipinski definition) is 3. The Balaban J connectivity index is 1.87. The summed E-state index contributed by atoms with van der Waals surface area (Å²) in [6.45, 7) is 5.26. The second-order valence-corrected chi connectivity index (χ2v) is 5.03. The van der Waals surface area contributed by atoms with E-state index in [2.05, 4.69) is 5.32 Å². The Labute approximate surface area is 114 Å². The van der Waals surface area contributed by atoms with Crippen LogP contribution in [-0.4, -0.2) is 50.2 Å². The van der Waals surface area contributed by atoms with E-state index in [9.17, 15) is 4.79 Å². The van der Waals surface area contributed by atoms with Gasteiger partial charge in [0.05, 0.1) is 12.7 Å². The van der Waals surface area contributed by atoms with E-state index < -0.39 is 0 Å². The van der Waals surface area contributed by atoms with Gasteiger partial charge in [-0.3, -0.25) is 4.79 Å². The largest absolute Gasteiger partial charge is 0.376 e. The minimum atomic E-state index is 0.0851. The Morgan fingerprint density at radius 1 is 1.47 bits per heavy atom. The van der Waals surface area contributed by atoms with Crippen LogP contribution in [0, 0.1) is 6.92 Å². The van der Waals surface area contributed by atoms with E-state index in [4.69, 9.17) is 4.74 Å². The van der Waals surface area contributed by atoms with Gasteiger partial charge in [0, 0.05) is 32.2 Å². The zero-order chi connectivity index (χ0) is 13.7. The fourth-order valence-corrected chi connectivity index (χ4v) is 2.26. The third kappa shape index (κ3) is 3.78. The zero-order valence-corrected chi connectivity index (χ0v) is 11.7. The number of carbonyl (C=O) groups excluding carboxylic acids is 1. The van der Waals surface area contributed by atoms with Crippen LogP contribution in [0.15, 0.2) is 24.3 Å². The van der Waals surface area contributed by atoms with Gasteiger partial charge in [-0.1, -0.05) is 18.2 Å². The van der Waals surface area contributed by atoms with Crippen LogP contribution in [0.5, 0.6) is 0 Å². The Bertz CT molecular complexity index is 428. The predicted octanol–water partition coefficient (Wildman–Crippen LogP) is 1.45. The molecule has 1 amide bonds. The van der Waals surface area contributed by atoms with Gasteiger partial charge in [0.15, 0.2) is 0 Å². The molecule has 1 heterocycles. The van der Waals surface area contributed by atoms with Gasteiger partial charge < -0.3 is 15.0 Å². The van der Waals surface area contributed by atoms with Crippen molar-refractivity contribution in [1.82, 2.24) is 10.2 Å². The van der Waals surface area contributed by atoms with Gasteiger partial charge in [-0.2, -0.15) is 0 Å². The second kappa shape index (κ2) is 6.68. The third-order valence-electron chi connectivity index (χ3n) is 3.51. The average Bonchev–Trinajstić information content (AvgIpc) is 2.45. The average molecular weight is 262 g/mol. The number of rotatable bonds is 4. The molecule has 0 aromatic heterocycles. The molecule has 1 saturated heterocycles. The molecule has 0 spiro atoms. The van der Waals surface area contributed by atoms with Crippen LogP contribution in [0.1, 0.15) is 22.3 Å². The monoisotopic (exact) mass is 262 g/mol. The highest BCUT2D eigenvalue weighted by molar-refractivity contribution is 5.95. The zero-order valence-electron chi connectivity index (χ0n) is 11.7. The molecule has 1 unspecified atom stereocenters. The SMILES string of the molecule is Cc1ccccc1C(=O)N(C)CCC1CNCCO1. The summed E-state index contributed by atoms with van der Waals surface area (Å²) in [5, 5.41) is 3.30. The molecule has 0 bridgehead atoms. The number of carbonyl (C=O) groups is 1. The van der Waals surface area contributed by atoms with Crippen LogP contribution in [0.25, 0.3) is 0 Å². The molecule has 4 nitrogen and oxygen atoms in total. The normalized spacial score (nSPS) is 19.2. The maximum Gasteiger partial charge on any atom is 0.253 e. The number of nitrogens with one attached hydrogen (secondary N) is 1. The van der Waals surface area contributed by atoms with Crippen LogP contribution < -0.4 is 5.32 Å². The number of aryl methyl sites for hydroxylation is 1. The van der Waals surface area contributed by atoms with Crippen LogP contribution >= 0.6 is 0 Å². The lowest BCUT2D eigenvalue weighted by molar-refractivity contribution is 0.0187. The molecule has 2 rings (SSSR count). The fourth-order valence-electron chi connectivity index (χ4n) is 2.26. The molecular formula is C15H22N2O2. The molecule has 1 aromatic carbocycles. The lowest BCUT2D eigenvalue weighted by Crippen LogP contribution is -2.40. The minimum absolute atomic E-state index is 0.0851. The van der Waals surface area contributed by atoms with E-state index in [1.165, 1.54) is 0 Å². The van der Waals surface area contributed by atoms with Gasteiger partial charge >= 0.3 is 0 Å². The molecular weight excluding hydrogens is 240 g/mol. The quantitative estimate of drug-likeness (QED) is 0.893. The van der Waals surface area contributed by atoms with Crippen molar-refractivity contribution in [2.45, 2.75) is 19.4 Å².